The zero-order valence-electron chi connectivity index (χ0n) is 19.1. The van der Waals surface area contributed by atoms with Crippen LogP contribution in [0.15, 0.2) is 48.5 Å². The van der Waals surface area contributed by atoms with Gasteiger partial charge in [0.15, 0.2) is 0 Å². The normalized spacial score (nSPS) is 16.6. The Balaban J connectivity index is 1.50. The molecule has 1 saturated heterocycles. The molecule has 33 heavy (non-hydrogen) atoms. The predicted molar refractivity (Wildman–Crippen MR) is 133 cm³/mol. The van der Waals surface area contributed by atoms with Crippen molar-refractivity contribution in [2.45, 2.75) is 25.0 Å². The van der Waals surface area contributed by atoms with E-state index in [0.717, 1.165) is 49.7 Å². The number of hydrogen-bond acceptors (Lipinski definition) is 7. The number of anilines is 3. The molecular weight excluding hydrogens is 464 g/mol. The lowest BCUT2D eigenvalue weighted by Gasteiger charge is -2.38. The van der Waals surface area contributed by atoms with E-state index in [1.807, 2.05) is 19.2 Å². The molecule has 1 heterocycles. The summed E-state index contributed by atoms with van der Waals surface area (Å²) in [5.41, 5.74) is 2.80. The summed E-state index contributed by atoms with van der Waals surface area (Å²) in [6.45, 7) is 2.22. The number of nitrogens with zero attached hydrogens (tertiary/aromatic N) is 2. The minimum Gasteiger partial charge on any atom is -0.387 e. The topological polar surface area (TPSA) is 119 Å². The van der Waals surface area contributed by atoms with Crippen LogP contribution < -0.4 is 14.3 Å². The van der Waals surface area contributed by atoms with E-state index < -0.39 is 26.2 Å². The molecule has 0 saturated carbocycles. The molecular formula is C22H32N4O5S2. The standard InChI is InChI=1S/C22H32N4O5S2/c1-25(16-22(27)17-4-6-18(7-5-17)23-32(2,28)29)20-12-14-26(15-13-20)21-10-8-19(9-11-21)24-33(3,30)31/h4-11,20,22-24,27H,12-16H2,1-3H3. The maximum atomic E-state index is 11.4. The summed E-state index contributed by atoms with van der Waals surface area (Å²) in [5.74, 6) is 0. The fraction of sp³-hybridized carbons (Fsp3) is 0.455. The molecule has 0 amide bonds. The van der Waals surface area contributed by atoms with Crippen molar-refractivity contribution in [2.75, 3.05) is 53.5 Å². The van der Waals surface area contributed by atoms with E-state index in [4.69, 9.17) is 0 Å². The molecule has 9 nitrogen and oxygen atoms in total. The van der Waals surface area contributed by atoms with Crippen molar-refractivity contribution >= 4 is 37.1 Å². The molecule has 2 aromatic rings. The van der Waals surface area contributed by atoms with Crippen molar-refractivity contribution in [1.82, 2.24) is 4.90 Å². The lowest BCUT2D eigenvalue weighted by atomic mass is 10.0. The Morgan fingerprint density at radius 3 is 1.82 bits per heavy atom. The van der Waals surface area contributed by atoms with Crippen LogP contribution in [-0.4, -0.2) is 72.1 Å². The molecule has 0 aliphatic carbocycles. The van der Waals surface area contributed by atoms with Crippen LogP contribution >= 0.6 is 0 Å². The number of piperidine rings is 1. The fourth-order valence-corrected chi connectivity index (χ4v) is 5.16. The Labute approximate surface area is 196 Å². The highest BCUT2D eigenvalue weighted by Crippen LogP contribution is 2.25. The number of sulfonamides is 2. The van der Waals surface area contributed by atoms with E-state index in [1.165, 1.54) is 0 Å². The van der Waals surface area contributed by atoms with Gasteiger partial charge in [-0.1, -0.05) is 12.1 Å². The Bertz CT molecular complexity index is 1130. The molecule has 3 rings (SSSR count). The predicted octanol–water partition coefficient (Wildman–Crippen LogP) is 2.06. The number of rotatable bonds is 9. The van der Waals surface area contributed by atoms with Crippen LogP contribution in [0.1, 0.15) is 24.5 Å². The smallest absolute Gasteiger partial charge is 0.229 e. The first-order chi connectivity index (χ1) is 15.4. The van der Waals surface area contributed by atoms with Gasteiger partial charge in [0.05, 0.1) is 18.6 Å². The summed E-state index contributed by atoms with van der Waals surface area (Å²) < 4.78 is 50.2. The number of aliphatic hydroxyl groups excluding tert-OH is 1. The van der Waals surface area contributed by atoms with Gasteiger partial charge in [-0.25, -0.2) is 16.8 Å². The first-order valence-electron chi connectivity index (χ1n) is 10.7. The van der Waals surface area contributed by atoms with Gasteiger partial charge in [0.25, 0.3) is 0 Å². The Morgan fingerprint density at radius 1 is 0.909 bits per heavy atom. The van der Waals surface area contributed by atoms with Gasteiger partial charge >= 0.3 is 0 Å². The zero-order valence-corrected chi connectivity index (χ0v) is 20.7. The van der Waals surface area contributed by atoms with Gasteiger partial charge < -0.3 is 14.9 Å². The number of likely N-dealkylation sites (N-methyl/N-ethyl adjacent to an activating group) is 1. The van der Waals surface area contributed by atoms with Gasteiger partial charge in [0.1, 0.15) is 0 Å². The van der Waals surface area contributed by atoms with Crippen LogP contribution in [0.25, 0.3) is 0 Å². The van der Waals surface area contributed by atoms with Crippen LogP contribution in [0.2, 0.25) is 0 Å². The number of aliphatic hydroxyl groups is 1. The molecule has 1 aliphatic heterocycles. The van der Waals surface area contributed by atoms with Gasteiger partial charge in [0.2, 0.25) is 20.0 Å². The van der Waals surface area contributed by atoms with Gasteiger partial charge in [-0.3, -0.25) is 9.44 Å². The summed E-state index contributed by atoms with van der Waals surface area (Å²) in [6, 6.07) is 14.5. The molecule has 0 bridgehead atoms. The average Bonchev–Trinajstić information content (AvgIpc) is 2.72. The van der Waals surface area contributed by atoms with Gasteiger partial charge in [0, 0.05) is 42.7 Å². The summed E-state index contributed by atoms with van der Waals surface area (Å²) in [5, 5.41) is 10.6. The third-order valence-corrected chi connectivity index (χ3v) is 6.90. The van der Waals surface area contributed by atoms with E-state index in [1.54, 1.807) is 36.4 Å². The van der Waals surface area contributed by atoms with E-state index in [9.17, 15) is 21.9 Å². The number of benzene rings is 2. The Morgan fingerprint density at radius 2 is 1.36 bits per heavy atom. The molecule has 1 unspecified atom stereocenters. The van der Waals surface area contributed by atoms with E-state index >= 15 is 0 Å². The second-order valence-corrected chi connectivity index (χ2v) is 12.1. The highest BCUT2D eigenvalue weighted by atomic mass is 32.2. The van der Waals surface area contributed by atoms with E-state index in [-0.39, 0.29) is 0 Å². The van der Waals surface area contributed by atoms with E-state index in [2.05, 4.69) is 19.2 Å². The highest BCUT2D eigenvalue weighted by Gasteiger charge is 2.24. The fourth-order valence-electron chi connectivity index (χ4n) is 4.03. The lowest BCUT2D eigenvalue weighted by molar-refractivity contribution is 0.0960. The van der Waals surface area contributed by atoms with Crippen molar-refractivity contribution in [3.63, 3.8) is 0 Å². The average molecular weight is 497 g/mol. The monoisotopic (exact) mass is 496 g/mol. The third-order valence-electron chi connectivity index (χ3n) is 5.68. The number of hydrogen-bond donors (Lipinski definition) is 3. The summed E-state index contributed by atoms with van der Waals surface area (Å²) >= 11 is 0. The molecule has 3 N–H and O–H groups in total. The Kier molecular flexibility index (Phi) is 7.88. The third kappa shape index (κ3) is 7.88. The molecule has 1 atom stereocenters. The molecule has 0 radical (unpaired) electrons. The first-order valence-corrected chi connectivity index (χ1v) is 14.5. The minimum absolute atomic E-state index is 0.341. The van der Waals surface area contributed by atoms with Gasteiger partial charge in [-0.2, -0.15) is 0 Å². The van der Waals surface area contributed by atoms with Crippen LogP contribution in [0.4, 0.5) is 17.1 Å². The van der Waals surface area contributed by atoms with Gasteiger partial charge in [-0.15, -0.1) is 0 Å². The summed E-state index contributed by atoms with van der Waals surface area (Å²) in [6.07, 6.45) is 3.45. The van der Waals surface area contributed by atoms with Crippen LogP contribution in [-0.2, 0) is 20.0 Å². The zero-order chi connectivity index (χ0) is 24.2. The summed E-state index contributed by atoms with van der Waals surface area (Å²) in [4.78, 5) is 4.45. The first kappa shape index (κ1) is 25.3. The van der Waals surface area contributed by atoms with Crippen molar-refractivity contribution < 1.29 is 21.9 Å². The Hall–Kier alpha value is -2.34. The van der Waals surface area contributed by atoms with Crippen molar-refractivity contribution in [3.05, 3.63) is 54.1 Å². The van der Waals surface area contributed by atoms with Crippen molar-refractivity contribution in [2.24, 2.45) is 0 Å². The van der Waals surface area contributed by atoms with Crippen LogP contribution in [0.5, 0.6) is 0 Å². The maximum Gasteiger partial charge on any atom is 0.229 e. The molecule has 1 aliphatic rings. The minimum atomic E-state index is -3.33. The van der Waals surface area contributed by atoms with Crippen LogP contribution in [0, 0.1) is 0 Å². The SMILES string of the molecule is CN(CC(O)c1ccc(NS(C)(=O)=O)cc1)C1CCN(c2ccc(NS(C)(=O)=O)cc2)CC1. The molecule has 0 aromatic heterocycles. The highest BCUT2D eigenvalue weighted by molar-refractivity contribution is 7.92. The molecule has 2 aromatic carbocycles. The van der Waals surface area contributed by atoms with Crippen molar-refractivity contribution in [1.29, 1.82) is 0 Å². The van der Waals surface area contributed by atoms with Gasteiger partial charge in [-0.05, 0) is 61.9 Å². The van der Waals surface area contributed by atoms with E-state index in [0.29, 0.717) is 24.0 Å². The molecule has 1 fully saturated rings. The van der Waals surface area contributed by atoms with Crippen LogP contribution in [0.3, 0.4) is 0 Å². The van der Waals surface area contributed by atoms with Crippen molar-refractivity contribution in [3.8, 4) is 0 Å². The molecule has 0 spiro atoms. The lowest BCUT2D eigenvalue weighted by Crippen LogP contribution is -2.44. The maximum absolute atomic E-state index is 11.4. The second kappa shape index (κ2) is 10.3. The molecule has 182 valence electrons. The number of nitrogens with one attached hydrogen (secondary N) is 2. The largest absolute Gasteiger partial charge is 0.387 e. The quantitative estimate of drug-likeness (QED) is 0.486. The second-order valence-electron chi connectivity index (χ2n) is 8.59. The molecule has 11 heteroatoms. The summed E-state index contributed by atoms with van der Waals surface area (Å²) in [7, 11) is -4.61.